The quantitative estimate of drug-likeness (QED) is 0.680. The maximum absolute atomic E-state index is 5.90. The molecule has 0 atom stereocenters. The largest absolute Gasteiger partial charge is 0.264 e. The van der Waals surface area contributed by atoms with Gasteiger partial charge in [-0.25, -0.2) is 0 Å². The molecule has 2 aromatic carbocycles. The third-order valence-electron chi connectivity index (χ3n) is 2.87. The normalized spacial score (nSPS) is 11.4. The van der Waals surface area contributed by atoms with Crippen LogP contribution in [0.1, 0.15) is 0 Å². The standard InChI is InChI=1S/C14H15ClN/c1-16(2,13-6-4-3-5-7-13)14-10-8-12(15)9-11-14/h3-11H,1-2H3/q+1. The molecule has 1 nitrogen and oxygen atoms in total. The molecule has 2 rings (SSSR count). The molecule has 2 heteroatoms. The van der Waals surface area contributed by atoms with Crippen molar-refractivity contribution < 1.29 is 0 Å². The third kappa shape index (κ3) is 2.11. The minimum absolute atomic E-state index is 0.720. The van der Waals surface area contributed by atoms with Gasteiger partial charge in [0.25, 0.3) is 0 Å². The first kappa shape index (κ1) is 11.2. The number of quaternary nitrogens is 1. The second kappa shape index (κ2) is 4.28. The SMILES string of the molecule is C[N+](C)(c1ccccc1)c1ccc(Cl)cc1. The maximum atomic E-state index is 5.90. The highest BCUT2D eigenvalue weighted by Gasteiger charge is 2.21. The monoisotopic (exact) mass is 232 g/mol. The van der Waals surface area contributed by atoms with Gasteiger partial charge in [0.1, 0.15) is 11.4 Å². The first-order chi connectivity index (χ1) is 7.60. The van der Waals surface area contributed by atoms with E-state index >= 15 is 0 Å². The summed E-state index contributed by atoms with van der Waals surface area (Å²) in [5.41, 5.74) is 2.47. The minimum Gasteiger partial charge on any atom is -0.264 e. The molecular formula is C14H15ClN+. The van der Waals surface area contributed by atoms with E-state index in [1.807, 2.05) is 18.2 Å². The van der Waals surface area contributed by atoms with Crippen LogP contribution in [-0.2, 0) is 0 Å². The molecule has 0 unspecified atom stereocenters. The summed E-state index contributed by atoms with van der Waals surface area (Å²) in [6.07, 6.45) is 0. The molecule has 2 aromatic rings. The Morgan fingerprint density at radius 1 is 0.750 bits per heavy atom. The average molecular weight is 233 g/mol. The van der Waals surface area contributed by atoms with Gasteiger partial charge in [-0.3, -0.25) is 4.48 Å². The molecule has 0 N–H and O–H groups in total. The molecule has 0 bridgehead atoms. The van der Waals surface area contributed by atoms with Crippen molar-refractivity contribution in [3.63, 3.8) is 0 Å². The van der Waals surface area contributed by atoms with Crippen molar-refractivity contribution in [1.29, 1.82) is 0 Å². The van der Waals surface area contributed by atoms with Gasteiger partial charge in [0.2, 0.25) is 0 Å². The predicted molar refractivity (Wildman–Crippen MR) is 71.2 cm³/mol. The Labute approximate surface area is 101 Å². The van der Waals surface area contributed by atoms with Crippen LogP contribution in [0.4, 0.5) is 11.4 Å². The lowest BCUT2D eigenvalue weighted by Crippen LogP contribution is -2.34. The summed E-state index contributed by atoms with van der Waals surface area (Å²) < 4.78 is 0.720. The van der Waals surface area contributed by atoms with Crippen LogP contribution in [0, 0.1) is 0 Å². The van der Waals surface area contributed by atoms with Crippen LogP contribution in [0.25, 0.3) is 0 Å². The molecule has 0 saturated heterocycles. The Kier molecular flexibility index (Phi) is 2.99. The highest BCUT2D eigenvalue weighted by Crippen LogP contribution is 2.30. The number of halogens is 1. The van der Waals surface area contributed by atoms with Gasteiger partial charge in [-0.05, 0) is 24.3 Å². The van der Waals surface area contributed by atoms with E-state index in [1.54, 1.807) is 0 Å². The number of rotatable bonds is 2. The first-order valence-corrected chi connectivity index (χ1v) is 5.64. The summed E-state index contributed by atoms with van der Waals surface area (Å²) in [7, 11) is 4.33. The Bertz CT molecular complexity index is 460. The van der Waals surface area contributed by atoms with Crippen LogP contribution in [0.3, 0.4) is 0 Å². The van der Waals surface area contributed by atoms with Crippen molar-refractivity contribution in [3.05, 3.63) is 59.6 Å². The van der Waals surface area contributed by atoms with Crippen LogP contribution in [0.2, 0.25) is 5.02 Å². The number of para-hydroxylation sites is 1. The summed E-state index contributed by atoms with van der Waals surface area (Å²) in [5.74, 6) is 0. The fraction of sp³-hybridized carbons (Fsp3) is 0.143. The fourth-order valence-electron chi connectivity index (χ4n) is 1.76. The summed E-state index contributed by atoms with van der Waals surface area (Å²) in [6.45, 7) is 0. The molecule has 16 heavy (non-hydrogen) atoms. The van der Waals surface area contributed by atoms with Gasteiger partial charge in [-0.2, -0.15) is 0 Å². The smallest absolute Gasteiger partial charge is 0.137 e. The van der Waals surface area contributed by atoms with Gasteiger partial charge >= 0.3 is 0 Å². The van der Waals surface area contributed by atoms with Crippen LogP contribution >= 0.6 is 11.6 Å². The molecule has 0 radical (unpaired) electrons. The van der Waals surface area contributed by atoms with Crippen molar-refractivity contribution in [1.82, 2.24) is 4.48 Å². The van der Waals surface area contributed by atoms with Crippen LogP contribution in [0.5, 0.6) is 0 Å². The highest BCUT2D eigenvalue weighted by atomic mass is 35.5. The lowest BCUT2D eigenvalue weighted by atomic mass is 10.2. The fourth-order valence-corrected chi connectivity index (χ4v) is 1.89. The van der Waals surface area contributed by atoms with Crippen molar-refractivity contribution in [3.8, 4) is 0 Å². The highest BCUT2D eigenvalue weighted by molar-refractivity contribution is 6.30. The second-order valence-electron chi connectivity index (χ2n) is 4.27. The van der Waals surface area contributed by atoms with Gasteiger partial charge in [-0.15, -0.1) is 0 Å². The van der Waals surface area contributed by atoms with E-state index < -0.39 is 0 Å². The molecule has 0 aliphatic carbocycles. The molecule has 82 valence electrons. The molecular weight excluding hydrogens is 218 g/mol. The van der Waals surface area contributed by atoms with E-state index in [4.69, 9.17) is 11.6 Å². The Morgan fingerprint density at radius 2 is 1.25 bits per heavy atom. The summed E-state index contributed by atoms with van der Waals surface area (Å²) in [5, 5.41) is 0.775. The molecule has 0 amide bonds. The number of hydrogen-bond acceptors (Lipinski definition) is 0. The maximum Gasteiger partial charge on any atom is 0.137 e. The van der Waals surface area contributed by atoms with Crippen LogP contribution in [0.15, 0.2) is 54.6 Å². The molecule has 0 spiro atoms. The van der Waals surface area contributed by atoms with Crippen molar-refractivity contribution in [2.75, 3.05) is 14.1 Å². The summed E-state index contributed by atoms with van der Waals surface area (Å²) in [4.78, 5) is 0. The van der Waals surface area contributed by atoms with E-state index in [-0.39, 0.29) is 0 Å². The van der Waals surface area contributed by atoms with E-state index in [2.05, 4.69) is 50.5 Å². The summed E-state index contributed by atoms with van der Waals surface area (Å²) >= 11 is 5.90. The Balaban J connectivity index is 2.43. The van der Waals surface area contributed by atoms with Gasteiger partial charge in [0, 0.05) is 17.2 Å². The molecule has 0 aliphatic rings. The van der Waals surface area contributed by atoms with Gasteiger partial charge in [-0.1, -0.05) is 29.8 Å². The van der Waals surface area contributed by atoms with E-state index in [1.165, 1.54) is 11.4 Å². The summed E-state index contributed by atoms with van der Waals surface area (Å²) in [6, 6.07) is 18.4. The molecule has 0 saturated carbocycles. The van der Waals surface area contributed by atoms with Crippen molar-refractivity contribution in [2.45, 2.75) is 0 Å². The second-order valence-corrected chi connectivity index (χ2v) is 4.70. The predicted octanol–water partition coefficient (Wildman–Crippen LogP) is 4.24. The Hall–Kier alpha value is -1.31. The van der Waals surface area contributed by atoms with Gasteiger partial charge in [0.15, 0.2) is 0 Å². The van der Waals surface area contributed by atoms with E-state index in [0.29, 0.717) is 0 Å². The minimum atomic E-state index is 0.720. The van der Waals surface area contributed by atoms with E-state index in [9.17, 15) is 0 Å². The Morgan fingerprint density at radius 3 is 1.81 bits per heavy atom. The zero-order valence-corrected chi connectivity index (χ0v) is 10.3. The zero-order valence-electron chi connectivity index (χ0n) is 9.52. The average Bonchev–Trinajstić information content (AvgIpc) is 2.31. The van der Waals surface area contributed by atoms with Crippen LogP contribution < -0.4 is 4.48 Å². The zero-order chi connectivity index (χ0) is 11.6. The molecule has 0 fully saturated rings. The number of nitrogens with zero attached hydrogens (tertiary/aromatic N) is 1. The van der Waals surface area contributed by atoms with Crippen LogP contribution in [-0.4, -0.2) is 14.1 Å². The van der Waals surface area contributed by atoms with Gasteiger partial charge < -0.3 is 0 Å². The number of benzene rings is 2. The van der Waals surface area contributed by atoms with Crippen molar-refractivity contribution >= 4 is 23.0 Å². The van der Waals surface area contributed by atoms with Crippen molar-refractivity contribution in [2.24, 2.45) is 0 Å². The first-order valence-electron chi connectivity index (χ1n) is 5.26. The van der Waals surface area contributed by atoms with E-state index in [0.717, 1.165) is 9.51 Å². The number of hydrogen-bond donors (Lipinski definition) is 0. The molecule has 0 aromatic heterocycles. The molecule has 0 aliphatic heterocycles. The van der Waals surface area contributed by atoms with Gasteiger partial charge in [0.05, 0.1) is 14.1 Å². The lowest BCUT2D eigenvalue weighted by Gasteiger charge is -2.28. The third-order valence-corrected chi connectivity index (χ3v) is 3.13. The molecule has 0 heterocycles. The lowest BCUT2D eigenvalue weighted by molar-refractivity contribution is 0.555. The topological polar surface area (TPSA) is 0 Å².